The Labute approximate surface area is 118 Å². The molecule has 1 N–H and O–H groups in total. The lowest BCUT2D eigenvalue weighted by Gasteiger charge is -2.34. The standard InChI is InChI=1S/C14H21N3O3/c1-10-13(15-9-16-14(10)20-2)17-7-3-4-11(8-17)5-6-12(18)19/h9,11H,3-8H2,1-2H3,(H,18,19). The number of ether oxygens (including phenoxy) is 1. The van der Waals surface area contributed by atoms with Gasteiger partial charge in [-0.2, -0.15) is 0 Å². The Bertz CT molecular complexity index is 479. The fourth-order valence-electron chi connectivity index (χ4n) is 2.77. The Morgan fingerprint density at radius 3 is 3.05 bits per heavy atom. The molecular formula is C14H21N3O3. The van der Waals surface area contributed by atoms with Crippen molar-refractivity contribution in [3.8, 4) is 5.88 Å². The first kappa shape index (κ1) is 14.6. The molecule has 1 unspecified atom stereocenters. The Morgan fingerprint density at radius 1 is 1.55 bits per heavy atom. The third kappa shape index (κ3) is 3.37. The average molecular weight is 279 g/mol. The van der Waals surface area contributed by atoms with Crippen LogP contribution in [-0.4, -0.2) is 41.2 Å². The van der Waals surface area contributed by atoms with Gasteiger partial charge in [-0.15, -0.1) is 0 Å². The van der Waals surface area contributed by atoms with Crippen LogP contribution >= 0.6 is 0 Å². The second kappa shape index (κ2) is 6.54. The number of nitrogens with zero attached hydrogens (tertiary/aromatic N) is 3. The zero-order chi connectivity index (χ0) is 14.5. The lowest BCUT2D eigenvalue weighted by atomic mass is 9.93. The zero-order valence-corrected chi connectivity index (χ0v) is 12.0. The summed E-state index contributed by atoms with van der Waals surface area (Å²) in [4.78, 5) is 21.3. The fourth-order valence-corrected chi connectivity index (χ4v) is 2.77. The SMILES string of the molecule is COc1ncnc(N2CCCC(CCC(=O)O)C2)c1C. The number of hydrogen-bond acceptors (Lipinski definition) is 5. The number of carboxylic acids is 1. The van der Waals surface area contributed by atoms with Gasteiger partial charge in [-0.3, -0.25) is 4.79 Å². The lowest BCUT2D eigenvalue weighted by molar-refractivity contribution is -0.137. The number of carbonyl (C=O) groups is 1. The van der Waals surface area contributed by atoms with Crippen molar-refractivity contribution >= 4 is 11.8 Å². The molecular weight excluding hydrogens is 258 g/mol. The normalized spacial score (nSPS) is 18.9. The third-order valence-electron chi connectivity index (χ3n) is 3.79. The predicted molar refractivity (Wildman–Crippen MR) is 75.1 cm³/mol. The molecule has 1 aromatic rings. The number of hydrogen-bond donors (Lipinski definition) is 1. The summed E-state index contributed by atoms with van der Waals surface area (Å²) < 4.78 is 5.23. The number of aromatic nitrogens is 2. The van der Waals surface area contributed by atoms with E-state index in [4.69, 9.17) is 9.84 Å². The van der Waals surface area contributed by atoms with Crippen LogP contribution in [0.2, 0.25) is 0 Å². The van der Waals surface area contributed by atoms with Crippen molar-refractivity contribution in [1.82, 2.24) is 9.97 Å². The molecule has 20 heavy (non-hydrogen) atoms. The molecule has 110 valence electrons. The van der Waals surface area contributed by atoms with E-state index in [2.05, 4.69) is 14.9 Å². The van der Waals surface area contributed by atoms with E-state index in [0.29, 0.717) is 11.8 Å². The molecule has 1 aliphatic rings. The summed E-state index contributed by atoms with van der Waals surface area (Å²) >= 11 is 0. The van der Waals surface area contributed by atoms with E-state index in [1.807, 2.05) is 6.92 Å². The van der Waals surface area contributed by atoms with Gasteiger partial charge in [-0.1, -0.05) is 0 Å². The minimum atomic E-state index is -0.720. The highest BCUT2D eigenvalue weighted by Crippen LogP contribution is 2.29. The summed E-state index contributed by atoms with van der Waals surface area (Å²) in [6, 6.07) is 0. The second-order valence-corrected chi connectivity index (χ2v) is 5.22. The van der Waals surface area contributed by atoms with Crippen LogP contribution in [-0.2, 0) is 4.79 Å². The zero-order valence-electron chi connectivity index (χ0n) is 12.0. The van der Waals surface area contributed by atoms with E-state index in [1.165, 1.54) is 6.33 Å². The van der Waals surface area contributed by atoms with Gasteiger partial charge in [0, 0.05) is 19.5 Å². The Hall–Kier alpha value is -1.85. The third-order valence-corrected chi connectivity index (χ3v) is 3.79. The molecule has 2 heterocycles. The van der Waals surface area contributed by atoms with Gasteiger partial charge in [0.15, 0.2) is 0 Å². The van der Waals surface area contributed by atoms with Gasteiger partial charge in [-0.25, -0.2) is 9.97 Å². The Balaban J connectivity index is 2.07. The second-order valence-electron chi connectivity index (χ2n) is 5.22. The number of aliphatic carboxylic acids is 1. The maximum absolute atomic E-state index is 10.7. The van der Waals surface area contributed by atoms with Gasteiger partial charge in [0.1, 0.15) is 12.1 Å². The smallest absolute Gasteiger partial charge is 0.303 e. The van der Waals surface area contributed by atoms with E-state index in [-0.39, 0.29) is 6.42 Å². The molecule has 0 radical (unpaired) electrons. The molecule has 0 aliphatic carbocycles. The Morgan fingerprint density at radius 2 is 2.35 bits per heavy atom. The summed E-state index contributed by atoms with van der Waals surface area (Å²) in [5.41, 5.74) is 0.939. The molecule has 2 rings (SSSR count). The molecule has 0 spiro atoms. The maximum atomic E-state index is 10.7. The molecule has 0 bridgehead atoms. The number of piperidine rings is 1. The lowest BCUT2D eigenvalue weighted by Crippen LogP contribution is -2.36. The summed E-state index contributed by atoms with van der Waals surface area (Å²) in [6.45, 7) is 3.76. The van der Waals surface area contributed by atoms with Crippen LogP contribution in [0.1, 0.15) is 31.2 Å². The van der Waals surface area contributed by atoms with Crippen LogP contribution < -0.4 is 9.64 Å². The highest BCUT2D eigenvalue weighted by atomic mass is 16.5. The van der Waals surface area contributed by atoms with Gasteiger partial charge >= 0.3 is 5.97 Å². The van der Waals surface area contributed by atoms with Gasteiger partial charge in [0.2, 0.25) is 5.88 Å². The fraction of sp³-hybridized carbons (Fsp3) is 0.643. The van der Waals surface area contributed by atoms with Crippen LogP contribution in [0.3, 0.4) is 0 Å². The number of anilines is 1. The summed E-state index contributed by atoms with van der Waals surface area (Å²) in [6.07, 6.45) is 4.64. The first-order chi connectivity index (χ1) is 9.61. The molecule has 6 heteroatoms. The first-order valence-electron chi connectivity index (χ1n) is 6.94. The van der Waals surface area contributed by atoms with E-state index >= 15 is 0 Å². The van der Waals surface area contributed by atoms with Gasteiger partial charge < -0.3 is 14.7 Å². The molecule has 1 atom stereocenters. The van der Waals surface area contributed by atoms with Crippen LogP contribution in [0.15, 0.2) is 6.33 Å². The van der Waals surface area contributed by atoms with E-state index in [9.17, 15) is 4.79 Å². The molecule has 1 aromatic heterocycles. The predicted octanol–water partition coefficient (Wildman–Crippen LogP) is 1.87. The monoisotopic (exact) mass is 279 g/mol. The van der Waals surface area contributed by atoms with E-state index < -0.39 is 5.97 Å². The summed E-state index contributed by atoms with van der Waals surface area (Å²) in [5.74, 6) is 1.20. The highest BCUT2D eigenvalue weighted by molar-refractivity contribution is 5.66. The summed E-state index contributed by atoms with van der Waals surface area (Å²) in [5, 5.41) is 8.79. The molecule has 0 amide bonds. The minimum Gasteiger partial charge on any atom is -0.481 e. The molecule has 0 aromatic carbocycles. The molecule has 1 fully saturated rings. The van der Waals surface area contributed by atoms with Crippen molar-refractivity contribution in [2.24, 2.45) is 5.92 Å². The molecule has 0 saturated carbocycles. The quantitative estimate of drug-likeness (QED) is 0.887. The van der Waals surface area contributed by atoms with Crippen molar-refractivity contribution in [2.75, 3.05) is 25.1 Å². The van der Waals surface area contributed by atoms with E-state index in [1.54, 1.807) is 7.11 Å². The van der Waals surface area contributed by atoms with Gasteiger partial charge in [-0.05, 0) is 32.1 Å². The molecule has 1 aliphatic heterocycles. The van der Waals surface area contributed by atoms with Gasteiger partial charge in [0.05, 0.1) is 12.7 Å². The van der Waals surface area contributed by atoms with Crippen molar-refractivity contribution in [2.45, 2.75) is 32.6 Å². The van der Waals surface area contributed by atoms with Crippen LogP contribution in [0, 0.1) is 12.8 Å². The average Bonchev–Trinajstić information content (AvgIpc) is 2.45. The van der Waals surface area contributed by atoms with Crippen LogP contribution in [0.25, 0.3) is 0 Å². The van der Waals surface area contributed by atoms with Crippen LogP contribution in [0.5, 0.6) is 5.88 Å². The molecule has 1 saturated heterocycles. The Kier molecular flexibility index (Phi) is 4.76. The molecule has 6 nitrogen and oxygen atoms in total. The number of methoxy groups -OCH3 is 1. The number of rotatable bonds is 5. The van der Waals surface area contributed by atoms with Crippen molar-refractivity contribution in [3.63, 3.8) is 0 Å². The van der Waals surface area contributed by atoms with Crippen molar-refractivity contribution < 1.29 is 14.6 Å². The first-order valence-corrected chi connectivity index (χ1v) is 6.94. The van der Waals surface area contributed by atoms with Crippen LogP contribution in [0.4, 0.5) is 5.82 Å². The summed E-state index contributed by atoms with van der Waals surface area (Å²) in [7, 11) is 1.60. The maximum Gasteiger partial charge on any atom is 0.303 e. The highest BCUT2D eigenvalue weighted by Gasteiger charge is 2.23. The van der Waals surface area contributed by atoms with Crippen molar-refractivity contribution in [1.29, 1.82) is 0 Å². The van der Waals surface area contributed by atoms with Crippen molar-refractivity contribution in [3.05, 3.63) is 11.9 Å². The van der Waals surface area contributed by atoms with E-state index in [0.717, 1.165) is 43.7 Å². The largest absolute Gasteiger partial charge is 0.481 e. The van der Waals surface area contributed by atoms with Gasteiger partial charge in [0.25, 0.3) is 0 Å². The topological polar surface area (TPSA) is 75.6 Å². The number of carboxylic acid groups (broad SMARTS) is 1. The minimum absolute atomic E-state index is 0.241.